The highest BCUT2D eigenvalue weighted by molar-refractivity contribution is 5.45. The molecule has 0 aliphatic heterocycles. The SMILES string of the molecule is CCNCc1cc(C#Cc2cncc(C#N)c2)ccc1F. The second-order valence-electron chi connectivity index (χ2n) is 4.41. The minimum atomic E-state index is -0.241. The molecule has 3 nitrogen and oxygen atoms in total. The van der Waals surface area contributed by atoms with Gasteiger partial charge >= 0.3 is 0 Å². The first-order chi connectivity index (χ1) is 10.2. The Balaban J connectivity index is 2.24. The van der Waals surface area contributed by atoms with Crippen molar-refractivity contribution in [2.24, 2.45) is 0 Å². The van der Waals surface area contributed by atoms with Crippen LogP contribution in [-0.2, 0) is 6.54 Å². The quantitative estimate of drug-likeness (QED) is 0.879. The summed E-state index contributed by atoms with van der Waals surface area (Å²) in [6, 6.07) is 8.47. The van der Waals surface area contributed by atoms with E-state index in [2.05, 4.69) is 22.1 Å². The molecule has 4 heteroatoms. The number of nitrogens with zero attached hydrogens (tertiary/aromatic N) is 2. The van der Waals surface area contributed by atoms with Gasteiger partial charge in [-0.1, -0.05) is 18.8 Å². The summed E-state index contributed by atoms with van der Waals surface area (Å²) >= 11 is 0. The first-order valence-electron chi connectivity index (χ1n) is 6.59. The highest BCUT2D eigenvalue weighted by Gasteiger charge is 2.01. The maximum absolute atomic E-state index is 13.6. The number of nitrogens with one attached hydrogen (secondary N) is 1. The predicted molar refractivity (Wildman–Crippen MR) is 78.7 cm³/mol. The molecular weight excluding hydrogens is 265 g/mol. The summed E-state index contributed by atoms with van der Waals surface area (Å²) in [7, 11) is 0. The largest absolute Gasteiger partial charge is 0.313 e. The lowest BCUT2D eigenvalue weighted by atomic mass is 10.1. The fourth-order valence-electron chi connectivity index (χ4n) is 1.76. The highest BCUT2D eigenvalue weighted by Crippen LogP contribution is 2.10. The van der Waals surface area contributed by atoms with E-state index >= 15 is 0 Å². The average Bonchev–Trinajstić information content (AvgIpc) is 2.53. The zero-order valence-corrected chi connectivity index (χ0v) is 11.7. The van der Waals surface area contributed by atoms with Crippen molar-refractivity contribution in [2.45, 2.75) is 13.5 Å². The Hall–Kier alpha value is -2.69. The molecule has 1 aromatic heterocycles. The Labute approximate surface area is 123 Å². The van der Waals surface area contributed by atoms with Gasteiger partial charge in [0.1, 0.15) is 11.9 Å². The van der Waals surface area contributed by atoms with Crippen molar-refractivity contribution in [3.63, 3.8) is 0 Å². The monoisotopic (exact) mass is 279 g/mol. The molecule has 1 heterocycles. The number of halogens is 1. The Morgan fingerprint density at radius 2 is 1.90 bits per heavy atom. The molecule has 0 aliphatic carbocycles. The van der Waals surface area contributed by atoms with E-state index in [0.717, 1.165) is 12.1 Å². The molecule has 0 spiro atoms. The summed E-state index contributed by atoms with van der Waals surface area (Å²) < 4.78 is 13.6. The molecule has 1 N–H and O–H groups in total. The summed E-state index contributed by atoms with van der Waals surface area (Å²) in [5.41, 5.74) is 2.44. The summed E-state index contributed by atoms with van der Waals surface area (Å²) in [4.78, 5) is 3.94. The van der Waals surface area contributed by atoms with Gasteiger partial charge in [0, 0.05) is 35.6 Å². The minimum absolute atomic E-state index is 0.241. The summed E-state index contributed by atoms with van der Waals surface area (Å²) in [6.45, 7) is 3.22. The molecule has 0 saturated carbocycles. The highest BCUT2D eigenvalue weighted by atomic mass is 19.1. The van der Waals surface area contributed by atoms with Crippen molar-refractivity contribution < 1.29 is 4.39 Å². The molecule has 2 aromatic rings. The van der Waals surface area contributed by atoms with E-state index in [1.165, 1.54) is 12.3 Å². The lowest BCUT2D eigenvalue weighted by Gasteiger charge is -2.04. The van der Waals surface area contributed by atoms with Crippen molar-refractivity contribution in [1.29, 1.82) is 5.26 Å². The number of nitriles is 1. The molecule has 21 heavy (non-hydrogen) atoms. The smallest absolute Gasteiger partial charge is 0.127 e. The van der Waals surface area contributed by atoms with E-state index in [1.54, 1.807) is 24.4 Å². The predicted octanol–water partition coefficient (Wildman–Crippen LogP) is 2.60. The van der Waals surface area contributed by atoms with Gasteiger partial charge in [-0.15, -0.1) is 0 Å². The normalized spacial score (nSPS) is 9.57. The fourth-order valence-corrected chi connectivity index (χ4v) is 1.76. The molecule has 0 unspecified atom stereocenters. The van der Waals surface area contributed by atoms with Crippen LogP contribution in [0.2, 0.25) is 0 Å². The number of benzene rings is 1. The minimum Gasteiger partial charge on any atom is -0.313 e. The van der Waals surface area contributed by atoms with Crippen LogP contribution in [0.5, 0.6) is 0 Å². The van der Waals surface area contributed by atoms with Crippen molar-refractivity contribution in [3.8, 4) is 17.9 Å². The Morgan fingerprint density at radius 1 is 1.14 bits per heavy atom. The van der Waals surface area contributed by atoms with Gasteiger partial charge < -0.3 is 5.32 Å². The molecule has 0 radical (unpaired) electrons. The van der Waals surface area contributed by atoms with Gasteiger partial charge in [-0.05, 0) is 30.8 Å². The van der Waals surface area contributed by atoms with Gasteiger partial charge in [-0.25, -0.2) is 4.39 Å². The maximum atomic E-state index is 13.6. The third kappa shape index (κ3) is 4.14. The van der Waals surface area contributed by atoms with Crippen LogP contribution in [0.4, 0.5) is 4.39 Å². The van der Waals surface area contributed by atoms with Crippen LogP contribution >= 0.6 is 0 Å². The van der Waals surface area contributed by atoms with Crippen molar-refractivity contribution in [1.82, 2.24) is 10.3 Å². The maximum Gasteiger partial charge on any atom is 0.127 e. The number of aromatic nitrogens is 1. The van der Waals surface area contributed by atoms with Crippen molar-refractivity contribution in [3.05, 3.63) is 64.7 Å². The van der Waals surface area contributed by atoms with Gasteiger partial charge in [0.05, 0.1) is 5.56 Å². The van der Waals surface area contributed by atoms with Crippen LogP contribution in [0.3, 0.4) is 0 Å². The number of hydrogen-bond acceptors (Lipinski definition) is 3. The third-order valence-corrected chi connectivity index (χ3v) is 2.83. The molecule has 0 bridgehead atoms. The lowest BCUT2D eigenvalue weighted by molar-refractivity contribution is 0.593. The van der Waals surface area contributed by atoms with E-state index in [-0.39, 0.29) is 5.82 Å². The van der Waals surface area contributed by atoms with Crippen LogP contribution in [0.25, 0.3) is 0 Å². The molecule has 0 atom stereocenters. The van der Waals surface area contributed by atoms with Crippen LogP contribution in [0.1, 0.15) is 29.2 Å². The van der Waals surface area contributed by atoms with Gasteiger partial charge in [0.2, 0.25) is 0 Å². The number of pyridine rings is 1. The van der Waals surface area contributed by atoms with Crippen LogP contribution in [0.15, 0.2) is 36.7 Å². The van der Waals surface area contributed by atoms with Crippen LogP contribution < -0.4 is 5.32 Å². The molecule has 2 rings (SSSR count). The molecule has 0 amide bonds. The first kappa shape index (κ1) is 14.7. The zero-order chi connectivity index (χ0) is 15.1. The van der Waals surface area contributed by atoms with Gasteiger partial charge in [0.15, 0.2) is 0 Å². The zero-order valence-electron chi connectivity index (χ0n) is 11.7. The number of hydrogen-bond donors (Lipinski definition) is 1. The van der Waals surface area contributed by atoms with E-state index in [1.807, 2.05) is 13.0 Å². The molecule has 0 aliphatic rings. The van der Waals surface area contributed by atoms with Gasteiger partial charge in [0.25, 0.3) is 0 Å². The van der Waals surface area contributed by atoms with E-state index in [0.29, 0.717) is 23.2 Å². The second-order valence-corrected chi connectivity index (χ2v) is 4.41. The standard InChI is InChI=1S/C17H14FN3/c1-2-20-12-16-8-13(5-6-17(16)18)3-4-14-7-15(9-19)11-21-10-14/h5-8,10-11,20H,2,12H2,1H3. The molecule has 0 saturated heterocycles. The Kier molecular flexibility index (Phi) is 5.04. The Morgan fingerprint density at radius 3 is 2.67 bits per heavy atom. The van der Waals surface area contributed by atoms with Crippen molar-refractivity contribution in [2.75, 3.05) is 6.54 Å². The third-order valence-electron chi connectivity index (χ3n) is 2.83. The summed E-state index contributed by atoms with van der Waals surface area (Å²) in [6.07, 6.45) is 3.08. The van der Waals surface area contributed by atoms with E-state index < -0.39 is 0 Å². The van der Waals surface area contributed by atoms with Gasteiger partial charge in [-0.2, -0.15) is 5.26 Å². The van der Waals surface area contributed by atoms with E-state index in [9.17, 15) is 4.39 Å². The topological polar surface area (TPSA) is 48.7 Å². The summed E-state index contributed by atoms with van der Waals surface area (Å²) in [5.74, 6) is 5.65. The lowest BCUT2D eigenvalue weighted by Crippen LogP contribution is -2.13. The van der Waals surface area contributed by atoms with E-state index in [4.69, 9.17) is 5.26 Å². The van der Waals surface area contributed by atoms with Crippen LogP contribution in [0, 0.1) is 29.0 Å². The summed E-state index contributed by atoms with van der Waals surface area (Å²) in [5, 5.41) is 11.9. The van der Waals surface area contributed by atoms with Gasteiger partial charge in [-0.3, -0.25) is 4.98 Å². The van der Waals surface area contributed by atoms with Crippen LogP contribution in [-0.4, -0.2) is 11.5 Å². The Bertz CT molecular complexity index is 736. The second kappa shape index (κ2) is 7.19. The molecule has 104 valence electrons. The fraction of sp³-hybridized carbons (Fsp3) is 0.176. The first-order valence-corrected chi connectivity index (χ1v) is 6.59. The van der Waals surface area contributed by atoms with Crippen molar-refractivity contribution >= 4 is 0 Å². The molecule has 1 aromatic carbocycles. The average molecular weight is 279 g/mol. The molecule has 0 fully saturated rings. The molecular formula is C17H14FN3. The number of rotatable bonds is 3.